The predicted molar refractivity (Wildman–Crippen MR) is 79.2 cm³/mol. The molecule has 0 amide bonds. The number of ether oxygens (including phenoxy) is 1. The van der Waals surface area contributed by atoms with Gasteiger partial charge in [-0.3, -0.25) is 4.98 Å². The molecule has 20 heavy (non-hydrogen) atoms. The fourth-order valence-corrected chi connectivity index (χ4v) is 3.23. The van der Waals surface area contributed by atoms with E-state index in [1.807, 2.05) is 12.3 Å². The Kier molecular flexibility index (Phi) is 2.84. The quantitative estimate of drug-likeness (QED) is 0.903. The summed E-state index contributed by atoms with van der Waals surface area (Å²) in [5, 5.41) is 3.65. The van der Waals surface area contributed by atoms with Gasteiger partial charge in [-0.25, -0.2) is 0 Å². The lowest BCUT2D eigenvalue weighted by atomic mass is 9.91. The van der Waals surface area contributed by atoms with Crippen LogP contribution in [0, 0.1) is 0 Å². The third kappa shape index (κ3) is 2.03. The van der Waals surface area contributed by atoms with Crippen molar-refractivity contribution in [2.45, 2.75) is 31.7 Å². The van der Waals surface area contributed by atoms with Crippen molar-refractivity contribution >= 4 is 5.69 Å². The Morgan fingerprint density at radius 3 is 3.15 bits per heavy atom. The van der Waals surface area contributed by atoms with Crippen molar-refractivity contribution in [3.63, 3.8) is 0 Å². The SMILES string of the molecule is c1cnc2c(c1)CCCC2Nc1ccc2c(c1)CCO2. The second-order valence-corrected chi connectivity index (χ2v) is 5.56. The molecule has 1 unspecified atom stereocenters. The molecule has 1 aliphatic carbocycles. The highest BCUT2D eigenvalue weighted by atomic mass is 16.5. The minimum Gasteiger partial charge on any atom is -0.493 e. The molecule has 3 nitrogen and oxygen atoms in total. The van der Waals surface area contributed by atoms with E-state index in [4.69, 9.17) is 4.74 Å². The van der Waals surface area contributed by atoms with E-state index in [2.05, 4.69) is 34.6 Å². The molecule has 102 valence electrons. The number of aryl methyl sites for hydroxylation is 1. The van der Waals surface area contributed by atoms with Crippen LogP contribution in [-0.4, -0.2) is 11.6 Å². The van der Waals surface area contributed by atoms with Crippen LogP contribution < -0.4 is 10.1 Å². The van der Waals surface area contributed by atoms with E-state index in [1.165, 1.54) is 28.9 Å². The zero-order chi connectivity index (χ0) is 13.4. The molecular formula is C17H18N2O. The Labute approximate surface area is 119 Å². The lowest BCUT2D eigenvalue weighted by Crippen LogP contribution is -2.18. The van der Waals surface area contributed by atoms with E-state index >= 15 is 0 Å². The number of hydrogen-bond acceptors (Lipinski definition) is 3. The standard InChI is InChI=1S/C17H18N2O/c1-3-12-4-2-9-18-17(12)15(5-1)19-14-6-7-16-13(11-14)8-10-20-16/h2,4,6-7,9,11,15,19H,1,3,5,8,10H2. The number of fused-ring (bicyclic) bond motifs is 2. The summed E-state index contributed by atoms with van der Waals surface area (Å²) in [5.74, 6) is 1.04. The first kappa shape index (κ1) is 11.8. The molecule has 1 aliphatic heterocycles. The summed E-state index contributed by atoms with van der Waals surface area (Å²) >= 11 is 0. The molecule has 1 atom stereocenters. The molecule has 0 radical (unpaired) electrons. The highest BCUT2D eigenvalue weighted by Crippen LogP contribution is 2.33. The second-order valence-electron chi connectivity index (χ2n) is 5.56. The Hall–Kier alpha value is -2.03. The number of aromatic nitrogens is 1. The van der Waals surface area contributed by atoms with Crippen LogP contribution in [0.3, 0.4) is 0 Å². The van der Waals surface area contributed by atoms with Gasteiger partial charge >= 0.3 is 0 Å². The summed E-state index contributed by atoms with van der Waals surface area (Å²) in [4.78, 5) is 4.58. The Morgan fingerprint density at radius 2 is 2.15 bits per heavy atom. The molecule has 0 fully saturated rings. The second kappa shape index (κ2) is 4.82. The molecule has 1 aromatic heterocycles. The average molecular weight is 266 g/mol. The molecule has 3 heteroatoms. The van der Waals surface area contributed by atoms with Crippen LogP contribution in [-0.2, 0) is 12.8 Å². The topological polar surface area (TPSA) is 34.2 Å². The van der Waals surface area contributed by atoms with Gasteiger partial charge < -0.3 is 10.1 Å². The van der Waals surface area contributed by atoms with Crippen molar-refractivity contribution in [1.82, 2.24) is 4.98 Å². The molecule has 2 aromatic rings. The fraction of sp³-hybridized carbons (Fsp3) is 0.353. The van der Waals surface area contributed by atoms with Gasteiger partial charge in [-0.1, -0.05) is 6.07 Å². The molecule has 4 rings (SSSR count). The average Bonchev–Trinajstić information content (AvgIpc) is 2.95. The van der Waals surface area contributed by atoms with Crippen LogP contribution >= 0.6 is 0 Å². The van der Waals surface area contributed by atoms with E-state index < -0.39 is 0 Å². The summed E-state index contributed by atoms with van der Waals surface area (Å²) in [6, 6.07) is 11.0. The molecule has 0 spiro atoms. The van der Waals surface area contributed by atoms with Crippen molar-refractivity contribution in [3.8, 4) is 5.75 Å². The van der Waals surface area contributed by atoms with E-state index in [9.17, 15) is 0 Å². The van der Waals surface area contributed by atoms with Gasteiger partial charge in [0.15, 0.2) is 0 Å². The van der Waals surface area contributed by atoms with Crippen molar-refractivity contribution in [3.05, 3.63) is 53.3 Å². The van der Waals surface area contributed by atoms with Crippen molar-refractivity contribution < 1.29 is 4.74 Å². The van der Waals surface area contributed by atoms with E-state index in [-0.39, 0.29) is 0 Å². The molecule has 2 aliphatic rings. The van der Waals surface area contributed by atoms with Gasteiger partial charge in [-0.15, -0.1) is 0 Å². The van der Waals surface area contributed by atoms with Crippen LogP contribution in [0.2, 0.25) is 0 Å². The molecule has 1 aromatic carbocycles. The zero-order valence-corrected chi connectivity index (χ0v) is 11.4. The smallest absolute Gasteiger partial charge is 0.122 e. The predicted octanol–water partition coefficient (Wildman–Crippen LogP) is 3.51. The Morgan fingerprint density at radius 1 is 1.15 bits per heavy atom. The van der Waals surface area contributed by atoms with Crippen LogP contribution in [0.1, 0.15) is 35.7 Å². The fourth-order valence-electron chi connectivity index (χ4n) is 3.23. The first-order valence-corrected chi connectivity index (χ1v) is 7.36. The molecule has 0 bridgehead atoms. The number of anilines is 1. The summed E-state index contributed by atoms with van der Waals surface area (Å²) in [6.07, 6.45) is 6.45. The van der Waals surface area contributed by atoms with E-state index in [1.54, 1.807) is 0 Å². The molecule has 1 N–H and O–H groups in total. The van der Waals surface area contributed by atoms with Crippen LogP contribution in [0.5, 0.6) is 5.75 Å². The number of nitrogens with one attached hydrogen (secondary N) is 1. The highest BCUT2D eigenvalue weighted by molar-refractivity contribution is 5.53. The lowest BCUT2D eigenvalue weighted by molar-refractivity contribution is 0.357. The van der Waals surface area contributed by atoms with Gasteiger partial charge in [0.05, 0.1) is 18.3 Å². The van der Waals surface area contributed by atoms with Crippen LogP contribution in [0.15, 0.2) is 36.5 Å². The first-order valence-electron chi connectivity index (χ1n) is 7.36. The van der Waals surface area contributed by atoms with Crippen molar-refractivity contribution in [1.29, 1.82) is 0 Å². The largest absolute Gasteiger partial charge is 0.493 e. The minimum absolute atomic E-state index is 0.334. The normalized spacial score (nSPS) is 19.9. The number of benzene rings is 1. The van der Waals surface area contributed by atoms with Gasteiger partial charge in [-0.05, 0) is 54.7 Å². The summed E-state index contributed by atoms with van der Waals surface area (Å²) in [7, 11) is 0. The Balaban J connectivity index is 1.61. The summed E-state index contributed by atoms with van der Waals surface area (Å²) < 4.78 is 5.56. The van der Waals surface area contributed by atoms with E-state index in [0.717, 1.165) is 31.6 Å². The van der Waals surface area contributed by atoms with Crippen LogP contribution in [0.25, 0.3) is 0 Å². The minimum atomic E-state index is 0.334. The highest BCUT2D eigenvalue weighted by Gasteiger charge is 2.21. The lowest BCUT2D eigenvalue weighted by Gasteiger charge is -2.26. The Bertz CT molecular complexity index is 639. The summed E-state index contributed by atoms with van der Waals surface area (Å²) in [6.45, 7) is 0.812. The maximum Gasteiger partial charge on any atom is 0.122 e. The number of nitrogens with zero attached hydrogens (tertiary/aromatic N) is 1. The van der Waals surface area contributed by atoms with Gasteiger partial charge in [0.25, 0.3) is 0 Å². The monoisotopic (exact) mass is 266 g/mol. The number of rotatable bonds is 2. The van der Waals surface area contributed by atoms with Gasteiger partial charge in [-0.2, -0.15) is 0 Å². The molecule has 2 heterocycles. The van der Waals surface area contributed by atoms with Gasteiger partial charge in [0.2, 0.25) is 0 Å². The number of pyridine rings is 1. The van der Waals surface area contributed by atoms with Gasteiger partial charge in [0, 0.05) is 18.3 Å². The molecule has 0 saturated carbocycles. The maximum absolute atomic E-state index is 5.56. The van der Waals surface area contributed by atoms with E-state index in [0.29, 0.717) is 6.04 Å². The summed E-state index contributed by atoms with van der Waals surface area (Å²) in [5.41, 5.74) is 5.10. The maximum atomic E-state index is 5.56. The number of hydrogen-bond donors (Lipinski definition) is 1. The van der Waals surface area contributed by atoms with Crippen molar-refractivity contribution in [2.75, 3.05) is 11.9 Å². The first-order chi connectivity index (χ1) is 9.90. The van der Waals surface area contributed by atoms with Gasteiger partial charge in [0.1, 0.15) is 5.75 Å². The molecular weight excluding hydrogens is 248 g/mol. The van der Waals surface area contributed by atoms with Crippen molar-refractivity contribution in [2.24, 2.45) is 0 Å². The zero-order valence-electron chi connectivity index (χ0n) is 11.4. The third-order valence-electron chi connectivity index (χ3n) is 4.23. The van der Waals surface area contributed by atoms with Crippen LogP contribution in [0.4, 0.5) is 5.69 Å². The molecule has 0 saturated heterocycles. The third-order valence-corrected chi connectivity index (χ3v) is 4.23.